The minimum absolute atomic E-state index is 0.0111. The summed E-state index contributed by atoms with van der Waals surface area (Å²) >= 11 is 0. The molecule has 1 heterocycles. The molecule has 0 amide bonds. The van der Waals surface area contributed by atoms with Crippen molar-refractivity contribution in [3.05, 3.63) is 63.2 Å². The van der Waals surface area contributed by atoms with Crippen molar-refractivity contribution in [2.45, 2.75) is 25.3 Å². The summed E-state index contributed by atoms with van der Waals surface area (Å²) in [6.45, 7) is 5.95. The predicted octanol–water partition coefficient (Wildman–Crippen LogP) is 2.73. The van der Waals surface area contributed by atoms with Crippen LogP contribution >= 0.6 is 0 Å². The topological polar surface area (TPSA) is 93.0 Å². The minimum atomic E-state index is -3.55. The first-order chi connectivity index (χ1) is 13.7. The fourth-order valence-corrected chi connectivity index (χ4v) is 5.23. The second-order valence-electron chi connectivity index (χ2n) is 7.20. The number of sulfonamides is 1. The molecule has 0 N–H and O–H groups in total. The zero-order chi connectivity index (χ0) is 21.2. The standard InChI is InChI=1S/C20H25N3O5S/c1-15-4-5-16(2)20(12-15)29(26,27)22-10-8-21(9-11-22)14-17-13-18(23(24)25)6-7-19(17)28-3/h4-7,12-13H,8-11,14H2,1-3H3. The van der Waals surface area contributed by atoms with Gasteiger partial charge in [0.05, 0.1) is 16.9 Å². The summed E-state index contributed by atoms with van der Waals surface area (Å²) in [6.07, 6.45) is 0. The number of nitro benzene ring substituents is 1. The molecule has 1 aliphatic rings. The highest BCUT2D eigenvalue weighted by Gasteiger charge is 2.30. The van der Waals surface area contributed by atoms with Crippen molar-refractivity contribution >= 4 is 15.7 Å². The Bertz CT molecular complexity index is 1010. The van der Waals surface area contributed by atoms with E-state index in [-0.39, 0.29) is 5.69 Å². The Balaban J connectivity index is 1.72. The third kappa shape index (κ3) is 4.58. The molecule has 1 fully saturated rings. The molecule has 1 saturated heterocycles. The lowest BCUT2D eigenvalue weighted by Gasteiger charge is -2.34. The maximum absolute atomic E-state index is 13.1. The summed E-state index contributed by atoms with van der Waals surface area (Å²) in [5.41, 5.74) is 2.37. The van der Waals surface area contributed by atoms with Crippen molar-refractivity contribution in [3.8, 4) is 5.75 Å². The Labute approximate surface area is 170 Å². The number of rotatable bonds is 6. The number of hydrogen-bond donors (Lipinski definition) is 0. The summed E-state index contributed by atoms with van der Waals surface area (Å²) < 4.78 is 32.9. The van der Waals surface area contributed by atoms with Gasteiger partial charge in [-0.1, -0.05) is 12.1 Å². The van der Waals surface area contributed by atoms with E-state index >= 15 is 0 Å². The maximum atomic E-state index is 13.1. The molecule has 3 rings (SSSR count). The van der Waals surface area contributed by atoms with E-state index in [0.29, 0.717) is 48.9 Å². The summed E-state index contributed by atoms with van der Waals surface area (Å²) in [4.78, 5) is 13.1. The van der Waals surface area contributed by atoms with Crippen molar-refractivity contribution in [2.24, 2.45) is 0 Å². The first-order valence-corrected chi connectivity index (χ1v) is 10.8. The van der Waals surface area contributed by atoms with Gasteiger partial charge in [-0.3, -0.25) is 15.0 Å². The first-order valence-electron chi connectivity index (χ1n) is 9.33. The highest BCUT2D eigenvalue weighted by Crippen LogP contribution is 2.27. The molecule has 0 atom stereocenters. The van der Waals surface area contributed by atoms with E-state index in [1.807, 2.05) is 19.1 Å². The molecule has 1 aliphatic heterocycles. The molecule has 29 heavy (non-hydrogen) atoms. The largest absolute Gasteiger partial charge is 0.496 e. The van der Waals surface area contributed by atoms with E-state index in [9.17, 15) is 18.5 Å². The molecular formula is C20H25N3O5S. The van der Waals surface area contributed by atoms with E-state index < -0.39 is 14.9 Å². The van der Waals surface area contributed by atoms with E-state index in [1.54, 1.807) is 19.1 Å². The number of ether oxygens (including phenoxy) is 1. The average Bonchev–Trinajstić information content (AvgIpc) is 2.70. The van der Waals surface area contributed by atoms with Gasteiger partial charge in [-0.15, -0.1) is 0 Å². The number of non-ortho nitro benzene ring substituents is 1. The van der Waals surface area contributed by atoms with Crippen LogP contribution in [-0.4, -0.2) is 55.8 Å². The van der Waals surface area contributed by atoms with Gasteiger partial charge in [0, 0.05) is 50.4 Å². The van der Waals surface area contributed by atoms with Crippen molar-refractivity contribution in [1.29, 1.82) is 0 Å². The van der Waals surface area contributed by atoms with Crippen molar-refractivity contribution in [1.82, 2.24) is 9.21 Å². The molecule has 0 bridgehead atoms. The molecule has 2 aromatic carbocycles. The van der Waals surface area contributed by atoms with Crippen LogP contribution in [0.5, 0.6) is 5.75 Å². The Hall–Kier alpha value is -2.49. The SMILES string of the molecule is COc1ccc([N+](=O)[O-])cc1CN1CCN(S(=O)(=O)c2cc(C)ccc2C)CC1. The van der Waals surface area contributed by atoms with Crippen LogP contribution in [0.15, 0.2) is 41.3 Å². The van der Waals surface area contributed by atoms with Gasteiger partial charge in [-0.25, -0.2) is 8.42 Å². The Morgan fingerprint density at radius 1 is 1.07 bits per heavy atom. The van der Waals surface area contributed by atoms with Crippen LogP contribution in [0, 0.1) is 24.0 Å². The molecule has 0 aliphatic carbocycles. The smallest absolute Gasteiger partial charge is 0.270 e. The molecule has 2 aromatic rings. The highest BCUT2D eigenvalue weighted by atomic mass is 32.2. The molecular weight excluding hydrogens is 394 g/mol. The van der Waals surface area contributed by atoms with E-state index in [2.05, 4.69) is 4.90 Å². The molecule has 0 aromatic heterocycles. The number of methoxy groups -OCH3 is 1. The van der Waals surface area contributed by atoms with Crippen LogP contribution in [0.25, 0.3) is 0 Å². The molecule has 0 saturated carbocycles. The summed E-state index contributed by atoms with van der Waals surface area (Å²) in [5.74, 6) is 0.584. The van der Waals surface area contributed by atoms with Gasteiger partial charge in [-0.05, 0) is 37.1 Å². The normalized spacial score (nSPS) is 16.0. The summed E-state index contributed by atoms with van der Waals surface area (Å²) in [6, 6.07) is 9.96. The number of aryl methyl sites for hydroxylation is 2. The summed E-state index contributed by atoms with van der Waals surface area (Å²) in [7, 11) is -2.02. The van der Waals surface area contributed by atoms with Gasteiger partial charge < -0.3 is 4.74 Å². The lowest BCUT2D eigenvalue weighted by molar-refractivity contribution is -0.385. The van der Waals surface area contributed by atoms with Gasteiger partial charge in [0.25, 0.3) is 5.69 Å². The van der Waals surface area contributed by atoms with Crippen LogP contribution in [0.4, 0.5) is 5.69 Å². The van der Waals surface area contributed by atoms with Gasteiger partial charge in [0.1, 0.15) is 5.75 Å². The Morgan fingerprint density at radius 2 is 1.76 bits per heavy atom. The lowest BCUT2D eigenvalue weighted by Crippen LogP contribution is -2.48. The summed E-state index contributed by atoms with van der Waals surface area (Å²) in [5, 5.41) is 11.1. The van der Waals surface area contributed by atoms with Gasteiger partial charge in [0.15, 0.2) is 0 Å². The van der Waals surface area contributed by atoms with Crippen LogP contribution in [0.2, 0.25) is 0 Å². The van der Waals surface area contributed by atoms with E-state index in [4.69, 9.17) is 4.74 Å². The molecule has 0 radical (unpaired) electrons. The van der Waals surface area contributed by atoms with Crippen molar-refractivity contribution in [3.63, 3.8) is 0 Å². The zero-order valence-electron chi connectivity index (χ0n) is 16.8. The van der Waals surface area contributed by atoms with E-state index in [0.717, 1.165) is 11.1 Å². The quantitative estimate of drug-likeness (QED) is 0.528. The van der Waals surface area contributed by atoms with Gasteiger partial charge in [0.2, 0.25) is 10.0 Å². The lowest BCUT2D eigenvalue weighted by atomic mass is 10.1. The van der Waals surface area contributed by atoms with Crippen LogP contribution < -0.4 is 4.74 Å². The second kappa shape index (κ2) is 8.48. The van der Waals surface area contributed by atoms with Crippen LogP contribution in [0.3, 0.4) is 0 Å². The third-order valence-electron chi connectivity index (χ3n) is 5.16. The monoisotopic (exact) mass is 419 g/mol. The molecule has 8 nitrogen and oxygen atoms in total. The predicted molar refractivity (Wildman–Crippen MR) is 110 cm³/mol. The fourth-order valence-electron chi connectivity index (χ4n) is 3.50. The maximum Gasteiger partial charge on any atom is 0.270 e. The molecule has 0 spiro atoms. The van der Waals surface area contributed by atoms with Gasteiger partial charge >= 0.3 is 0 Å². The third-order valence-corrected chi connectivity index (χ3v) is 7.20. The molecule has 0 unspecified atom stereocenters. The van der Waals surface area contributed by atoms with Crippen molar-refractivity contribution in [2.75, 3.05) is 33.3 Å². The minimum Gasteiger partial charge on any atom is -0.496 e. The number of piperazine rings is 1. The molecule has 9 heteroatoms. The average molecular weight is 420 g/mol. The number of hydrogen-bond acceptors (Lipinski definition) is 6. The van der Waals surface area contributed by atoms with E-state index in [1.165, 1.54) is 23.5 Å². The number of nitro groups is 1. The zero-order valence-corrected chi connectivity index (χ0v) is 17.6. The van der Waals surface area contributed by atoms with Crippen LogP contribution in [0.1, 0.15) is 16.7 Å². The number of nitrogens with zero attached hydrogens (tertiary/aromatic N) is 3. The fraction of sp³-hybridized carbons (Fsp3) is 0.400. The van der Waals surface area contributed by atoms with Crippen molar-refractivity contribution < 1.29 is 18.1 Å². The van der Waals surface area contributed by atoms with Gasteiger partial charge in [-0.2, -0.15) is 4.31 Å². The van der Waals surface area contributed by atoms with Crippen LogP contribution in [-0.2, 0) is 16.6 Å². The Morgan fingerprint density at radius 3 is 2.38 bits per heavy atom. The Kier molecular flexibility index (Phi) is 6.21. The number of benzene rings is 2. The second-order valence-corrected chi connectivity index (χ2v) is 9.11. The molecule has 156 valence electrons. The first kappa shape index (κ1) is 21.2. The highest BCUT2D eigenvalue weighted by molar-refractivity contribution is 7.89.